The smallest absolute Gasteiger partial charge is 0.338 e. The van der Waals surface area contributed by atoms with Gasteiger partial charge in [0, 0.05) is 38.1 Å². The average Bonchev–Trinajstić information content (AvgIpc) is 3.79. The molecule has 4 N–H and O–H groups in total. The van der Waals surface area contributed by atoms with Gasteiger partial charge in [0.2, 0.25) is 0 Å². The van der Waals surface area contributed by atoms with Crippen LogP contribution in [0.2, 0.25) is 10.0 Å². The minimum Gasteiger partial charge on any atom is -0.338 e. The van der Waals surface area contributed by atoms with Gasteiger partial charge in [0.05, 0.1) is 33.2 Å². The van der Waals surface area contributed by atoms with Gasteiger partial charge in [-0.15, -0.1) is 0 Å². The summed E-state index contributed by atoms with van der Waals surface area (Å²) in [6, 6.07) is 35.0. The monoisotopic (exact) mass is 780 g/mol. The number of nitrogens with one attached hydrogen (secondary N) is 4. The minimum atomic E-state index is -4.50. The van der Waals surface area contributed by atoms with E-state index in [9.17, 15) is 27.2 Å². The molecule has 2 aromatic heterocycles. The molecule has 0 saturated heterocycles. The van der Waals surface area contributed by atoms with Crippen molar-refractivity contribution in [2.75, 3.05) is 10.6 Å². The van der Waals surface area contributed by atoms with Crippen molar-refractivity contribution in [3.05, 3.63) is 166 Å². The fourth-order valence-corrected chi connectivity index (χ4v) is 6.07. The molecule has 8 nitrogen and oxygen atoms in total. The number of aromatic nitrogens is 4. The third kappa shape index (κ3) is 8.51. The Bertz CT molecular complexity index is 2710. The molecule has 0 unspecified atom stereocenters. The number of nitrogens with zero attached hydrogens (tertiary/aromatic N) is 2. The van der Waals surface area contributed by atoms with Gasteiger partial charge in [-0.25, -0.2) is 14.4 Å². The molecule has 8 aromatic rings. The molecule has 0 radical (unpaired) electrons. The lowest BCUT2D eigenvalue weighted by Gasteiger charge is -2.10. The standard InChI is InChI=1S/C21H13ClF3N3O.C20H13ClFN3O/c22-13-4-3-5-14(11-13)26-20(29)12-8-9-17-18(10-12)28-19(27-17)15-6-1-2-7-16(15)21(23,24)25;21-13-4-3-5-14(11-13)23-20(26)12-8-9-17-18(10-12)25-19(24-17)15-6-1-2-7-16(15)22/h1-11H,(H,26,29)(H,27,28);1-11H,(H,23,26)(H,24,25). The predicted molar refractivity (Wildman–Crippen MR) is 207 cm³/mol. The number of rotatable bonds is 6. The van der Waals surface area contributed by atoms with E-state index in [0.29, 0.717) is 66.0 Å². The first kappa shape index (κ1) is 36.8. The predicted octanol–water partition coefficient (Wildman–Crippen LogP) is 11.4. The van der Waals surface area contributed by atoms with Crippen LogP contribution in [0.15, 0.2) is 133 Å². The summed E-state index contributed by atoms with van der Waals surface area (Å²) in [5, 5.41) is 6.55. The van der Waals surface area contributed by atoms with Gasteiger partial charge < -0.3 is 20.6 Å². The molecule has 2 heterocycles. The molecule has 0 fully saturated rings. The quantitative estimate of drug-likeness (QED) is 0.126. The summed E-state index contributed by atoms with van der Waals surface area (Å²) in [4.78, 5) is 39.5. The lowest BCUT2D eigenvalue weighted by Crippen LogP contribution is -2.11. The number of anilines is 2. The van der Waals surface area contributed by atoms with Crippen LogP contribution in [0.1, 0.15) is 26.3 Å². The number of carbonyl (C=O) groups excluding carboxylic acids is 2. The summed E-state index contributed by atoms with van der Waals surface area (Å²) in [7, 11) is 0. The largest absolute Gasteiger partial charge is 0.417 e. The molecule has 2 amide bonds. The molecule has 6 aromatic carbocycles. The number of H-pyrrole nitrogens is 2. The second kappa shape index (κ2) is 15.5. The van der Waals surface area contributed by atoms with Crippen molar-refractivity contribution in [2.24, 2.45) is 0 Å². The maximum absolute atomic E-state index is 14.0. The molecular weight excluding hydrogens is 755 g/mol. The van der Waals surface area contributed by atoms with Crippen LogP contribution < -0.4 is 10.6 Å². The number of imidazole rings is 2. The molecule has 0 atom stereocenters. The maximum atomic E-state index is 14.0. The number of halogens is 6. The van der Waals surface area contributed by atoms with Crippen LogP contribution in [0.3, 0.4) is 0 Å². The zero-order valence-electron chi connectivity index (χ0n) is 28.2. The zero-order chi connectivity index (χ0) is 38.7. The number of alkyl halides is 3. The Kier molecular flexibility index (Phi) is 10.4. The van der Waals surface area contributed by atoms with Crippen molar-refractivity contribution >= 4 is 68.5 Å². The van der Waals surface area contributed by atoms with Gasteiger partial charge >= 0.3 is 6.18 Å². The number of aromatic amines is 2. The second-order valence-electron chi connectivity index (χ2n) is 12.1. The highest BCUT2D eigenvalue weighted by Crippen LogP contribution is 2.36. The highest BCUT2D eigenvalue weighted by Gasteiger charge is 2.34. The van der Waals surface area contributed by atoms with Gasteiger partial charge in [0.1, 0.15) is 17.5 Å². The molecule has 8 rings (SSSR count). The van der Waals surface area contributed by atoms with Crippen LogP contribution in [0.4, 0.5) is 28.9 Å². The Hall–Kier alpha value is -6.50. The Morgan fingerprint density at radius 2 is 1.04 bits per heavy atom. The highest BCUT2D eigenvalue weighted by atomic mass is 35.5. The van der Waals surface area contributed by atoms with E-state index < -0.39 is 11.7 Å². The number of hydrogen-bond acceptors (Lipinski definition) is 4. The van der Waals surface area contributed by atoms with E-state index in [-0.39, 0.29) is 29.0 Å². The van der Waals surface area contributed by atoms with Crippen LogP contribution in [-0.2, 0) is 6.18 Å². The van der Waals surface area contributed by atoms with Crippen molar-refractivity contribution in [2.45, 2.75) is 6.18 Å². The first-order valence-electron chi connectivity index (χ1n) is 16.5. The number of fused-ring (bicyclic) bond motifs is 2. The van der Waals surface area contributed by atoms with Crippen molar-refractivity contribution in [3.63, 3.8) is 0 Å². The molecular formula is C41H26Cl2F4N6O2. The van der Waals surface area contributed by atoms with E-state index in [0.717, 1.165) is 6.07 Å². The minimum absolute atomic E-state index is 0.0545. The van der Waals surface area contributed by atoms with Crippen molar-refractivity contribution in [1.82, 2.24) is 19.9 Å². The fourth-order valence-electron chi connectivity index (χ4n) is 5.69. The summed E-state index contributed by atoms with van der Waals surface area (Å²) in [6.07, 6.45) is -4.50. The van der Waals surface area contributed by atoms with Gasteiger partial charge in [0.15, 0.2) is 0 Å². The number of carbonyl (C=O) groups is 2. The second-order valence-corrected chi connectivity index (χ2v) is 13.0. The fraction of sp³-hybridized carbons (Fsp3) is 0.0244. The summed E-state index contributed by atoms with van der Waals surface area (Å²) < 4.78 is 53.8. The zero-order valence-corrected chi connectivity index (χ0v) is 29.7. The van der Waals surface area contributed by atoms with Crippen LogP contribution in [0, 0.1) is 5.82 Å². The summed E-state index contributed by atoms with van der Waals surface area (Å²) >= 11 is 11.8. The summed E-state index contributed by atoms with van der Waals surface area (Å²) in [5.41, 5.74) is 3.70. The first-order valence-corrected chi connectivity index (χ1v) is 17.2. The number of benzene rings is 6. The van der Waals surface area contributed by atoms with E-state index in [2.05, 4.69) is 30.6 Å². The van der Waals surface area contributed by atoms with E-state index in [1.165, 1.54) is 24.3 Å². The van der Waals surface area contributed by atoms with Crippen LogP contribution >= 0.6 is 23.2 Å². The molecule has 0 aliphatic heterocycles. The number of amides is 2. The molecule has 0 spiro atoms. The van der Waals surface area contributed by atoms with Gasteiger partial charge in [-0.2, -0.15) is 13.2 Å². The lowest BCUT2D eigenvalue weighted by molar-refractivity contribution is -0.137. The van der Waals surface area contributed by atoms with Gasteiger partial charge in [-0.05, 0) is 91.0 Å². The van der Waals surface area contributed by atoms with Crippen molar-refractivity contribution < 1.29 is 27.2 Å². The SMILES string of the molecule is O=C(Nc1cccc(Cl)c1)c1ccc2nc(-c3ccccc3C(F)(F)F)[nH]c2c1.O=C(Nc1cccc(Cl)c1)c1ccc2nc(-c3ccccc3F)[nH]c2c1. The van der Waals surface area contributed by atoms with Crippen LogP contribution in [0.25, 0.3) is 44.8 Å². The average molecular weight is 782 g/mol. The van der Waals surface area contributed by atoms with Crippen LogP contribution in [-0.4, -0.2) is 31.8 Å². The van der Waals surface area contributed by atoms with Gasteiger partial charge in [-0.1, -0.05) is 65.7 Å². The van der Waals surface area contributed by atoms with Crippen molar-refractivity contribution in [1.29, 1.82) is 0 Å². The summed E-state index contributed by atoms with van der Waals surface area (Å²) in [6.45, 7) is 0. The third-order valence-corrected chi connectivity index (χ3v) is 8.74. The maximum Gasteiger partial charge on any atom is 0.417 e. The van der Waals surface area contributed by atoms with Crippen LogP contribution in [0.5, 0.6) is 0 Å². The van der Waals surface area contributed by atoms with Gasteiger partial charge in [0.25, 0.3) is 11.8 Å². The Morgan fingerprint density at radius 3 is 1.53 bits per heavy atom. The first-order chi connectivity index (χ1) is 26.4. The molecule has 0 aliphatic carbocycles. The highest BCUT2D eigenvalue weighted by molar-refractivity contribution is 6.31. The molecule has 0 saturated carbocycles. The summed E-state index contributed by atoms with van der Waals surface area (Å²) in [5.74, 6) is -0.492. The normalized spacial score (nSPS) is 11.2. The number of hydrogen-bond donors (Lipinski definition) is 4. The Balaban J connectivity index is 0.000000170. The van der Waals surface area contributed by atoms with Crippen molar-refractivity contribution in [3.8, 4) is 22.8 Å². The molecule has 0 bridgehead atoms. The lowest BCUT2D eigenvalue weighted by atomic mass is 10.1. The Morgan fingerprint density at radius 1 is 0.564 bits per heavy atom. The topological polar surface area (TPSA) is 116 Å². The molecule has 274 valence electrons. The van der Waals surface area contributed by atoms with E-state index in [1.54, 1.807) is 103 Å². The van der Waals surface area contributed by atoms with E-state index >= 15 is 0 Å². The van der Waals surface area contributed by atoms with E-state index in [4.69, 9.17) is 23.2 Å². The Labute approximate surface area is 320 Å². The molecule has 0 aliphatic rings. The third-order valence-electron chi connectivity index (χ3n) is 8.27. The van der Waals surface area contributed by atoms with Gasteiger partial charge in [-0.3, -0.25) is 9.59 Å². The van der Waals surface area contributed by atoms with E-state index in [1.807, 2.05) is 0 Å². The molecule has 14 heteroatoms. The molecule has 55 heavy (non-hydrogen) atoms.